The van der Waals surface area contributed by atoms with Gasteiger partial charge >= 0.3 is 0 Å². The van der Waals surface area contributed by atoms with Crippen LogP contribution in [0.4, 0.5) is 17.1 Å². The number of pyridine rings is 2. The molecule has 1 N–H and O–H groups in total. The number of aryl methyl sites for hydroxylation is 1. The molecular formula is C41H36N4O. The molecule has 0 saturated carbocycles. The molecular weight excluding hydrogens is 564 g/mol. The van der Waals surface area contributed by atoms with Gasteiger partial charge in [-0.15, -0.1) is 0 Å². The van der Waals surface area contributed by atoms with Gasteiger partial charge in [-0.05, 0) is 102 Å². The van der Waals surface area contributed by atoms with E-state index in [0.717, 1.165) is 56.5 Å². The number of phenolic OH excluding ortho intramolecular Hbond substituents is 1. The number of anilines is 3. The maximum Gasteiger partial charge on any atom is 0.145 e. The minimum absolute atomic E-state index is 0.0588. The first kappa shape index (κ1) is 29.1. The van der Waals surface area contributed by atoms with Crippen molar-refractivity contribution in [1.82, 2.24) is 14.4 Å². The second-order valence-electron chi connectivity index (χ2n) is 12.6. The summed E-state index contributed by atoms with van der Waals surface area (Å²) in [6, 6.07) is 43.2. The van der Waals surface area contributed by atoms with Gasteiger partial charge < -0.3 is 14.4 Å². The molecule has 5 nitrogen and oxygen atoms in total. The van der Waals surface area contributed by atoms with Crippen molar-refractivity contribution < 1.29 is 5.11 Å². The largest absolute Gasteiger partial charge is 0.507 e. The Labute approximate surface area is 270 Å². The number of nitrogens with zero attached hydrogens (tertiary/aromatic N) is 4. The van der Waals surface area contributed by atoms with Gasteiger partial charge in [0.2, 0.25) is 0 Å². The average Bonchev–Trinajstić information content (AvgIpc) is 3.42. The molecule has 0 aliphatic rings. The van der Waals surface area contributed by atoms with E-state index in [9.17, 15) is 5.11 Å². The molecule has 226 valence electrons. The van der Waals surface area contributed by atoms with E-state index < -0.39 is 0 Å². The topological polar surface area (TPSA) is 53.7 Å². The number of hydrogen-bond acceptors (Lipinski definition) is 4. The van der Waals surface area contributed by atoms with Gasteiger partial charge in [0, 0.05) is 51.8 Å². The van der Waals surface area contributed by atoms with Crippen LogP contribution in [0.15, 0.2) is 140 Å². The number of phenols is 1. The Kier molecular flexibility index (Phi) is 7.37. The molecule has 0 saturated heterocycles. The fourth-order valence-electron chi connectivity index (χ4n) is 6.02. The average molecular weight is 601 g/mol. The van der Waals surface area contributed by atoms with Crippen LogP contribution in [0.2, 0.25) is 0 Å². The molecule has 46 heavy (non-hydrogen) atoms. The number of para-hydroxylation sites is 2. The molecule has 0 amide bonds. The van der Waals surface area contributed by atoms with E-state index in [4.69, 9.17) is 4.98 Å². The number of aromatic nitrogens is 3. The van der Waals surface area contributed by atoms with Crippen LogP contribution in [0.1, 0.15) is 32.0 Å². The molecule has 3 aromatic heterocycles. The first-order valence-electron chi connectivity index (χ1n) is 15.6. The van der Waals surface area contributed by atoms with Gasteiger partial charge in [-0.25, -0.2) is 4.98 Å². The summed E-state index contributed by atoms with van der Waals surface area (Å²) in [5, 5.41) is 11.3. The Morgan fingerprint density at radius 1 is 0.652 bits per heavy atom. The summed E-state index contributed by atoms with van der Waals surface area (Å²) in [6.07, 6.45) is 3.88. The fraction of sp³-hybridized carbons (Fsp3) is 0.122. The van der Waals surface area contributed by atoms with E-state index >= 15 is 0 Å². The van der Waals surface area contributed by atoms with Crippen molar-refractivity contribution in [1.29, 1.82) is 0 Å². The summed E-state index contributed by atoms with van der Waals surface area (Å²) in [6.45, 7) is 8.76. The standard InChI is InChI=1S/C41H36N4O/c1-28-39(36-27-34(20-21-38(36)46)45(32-14-7-5-8-15-32)33-16-9-6-10-17-33)43-40-35(18-13-23-44(28)40)29-24-30(37-19-11-12-22-42-37)26-31(25-29)41(2,3)4/h5-27,46H,1-4H3. The van der Waals surface area contributed by atoms with Crippen LogP contribution >= 0.6 is 0 Å². The second kappa shape index (κ2) is 11.7. The summed E-state index contributed by atoms with van der Waals surface area (Å²) in [7, 11) is 0. The zero-order chi connectivity index (χ0) is 31.8. The van der Waals surface area contributed by atoms with Crippen LogP contribution in [-0.2, 0) is 5.41 Å². The highest BCUT2D eigenvalue weighted by Gasteiger charge is 2.22. The Bertz CT molecular complexity index is 2110. The maximum absolute atomic E-state index is 11.3. The van der Waals surface area contributed by atoms with Gasteiger partial charge in [0.25, 0.3) is 0 Å². The SMILES string of the molecule is Cc1c(-c2cc(N(c3ccccc3)c3ccccc3)ccc2O)nc2c(-c3cc(-c4ccccn4)cc(C(C)(C)C)c3)cccn12. The molecule has 4 aromatic carbocycles. The number of fused-ring (bicyclic) bond motifs is 1. The van der Waals surface area contributed by atoms with E-state index in [-0.39, 0.29) is 11.2 Å². The van der Waals surface area contributed by atoms with Crippen molar-refractivity contribution in [2.75, 3.05) is 4.90 Å². The fourth-order valence-corrected chi connectivity index (χ4v) is 6.02. The molecule has 0 unspecified atom stereocenters. The van der Waals surface area contributed by atoms with Crippen LogP contribution < -0.4 is 4.90 Å². The molecule has 0 atom stereocenters. The van der Waals surface area contributed by atoms with Crippen molar-refractivity contribution in [2.45, 2.75) is 33.1 Å². The highest BCUT2D eigenvalue weighted by atomic mass is 16.3. The number of rotatable bonds is 6. The molecule has 3 heterocycles. The Morgan fingerprint density at radius 3 is 1.98 bits per heavy atom. The summed E-state index contributed by atoms with van der Waals surface area (Å²) in [5.41, 5.74) is 11.5. The molecule has 0 bridgehead atoms. The second-order valence-corrected chi connectivity index (χ2v) is 12.6. The van der Waals surface area contributed by atoms with E-state index in [0.29, 0.717) is 5.56 Å². The number of aromatic hydroxyl groups is 1. The highest BCUT2D eigenvalue weighted by molar-refractivity contribution is 5.86. The van der Waals surface area contributed by atoms with Gasteiger partial charge in [0.1, 0.15) is 11.4 Å². The van der Waals surface area contributed by atoms with Crippen LogP contribution in [0.3, 0.4) is 0 Å². The van der Waals surface area contributed by atoms with Gasteiger partial charge in [-0.3, -0.25) is 4.98 Å². The van der Waals surface area contributed by atoms with Crippen molar-refractivity contribution in [3.63, 3.8) is 0 Å². The van der Waals surface area contributed by atoms with E-state index in [1.165, 1.54) is 5.56 Å². The minimum atomic E-state index is -0.0588. The van der Waals surface area contributed by atoms with Crippen molar-refractivity contribution in [2.24, 2.45) is 0 Å². The summed E-state index contributed by atoms with van der Waals surface area (Å²) in [5.74, 6) is 0.185. The third kappa shape index (κ3) is 5.41. The first-order chi connectivity index (χ1) is 22.3. The zero-order valence-corrected chi connectivity index (χ0v) is 26.5. The molecule has 0 radical (unpaired) electrons. The lowest BCUT2D eigenvalue weighted by molar-refractivity contribution is 0.477. The van der Waals surface area contributed by atoms with Crippen molar-refractivity contribution >= 4 is 22.7 Å². The molecule has 0 aliphatic heterocycles. The molecule has 0 spiro atoms. The number of imidazole rings is 1. The van der Waals surface area contributed by atoms with Gasteiger partial charge in [0.05, 0.1) is 11.4 Å². The molecule has 0 aliphatic carbocycles. The van der Waals surface area contributed by atoms with E-state index in [2.05, 4.69) is 96.6 Å². The quantitative estimate of drug-likeness (QED) is 0.206. The van der Waals surface area contributed by atoms with E-state index in [1.807, 2.05) is 79.1 Å². The predicted molar refractivity (Wildman–Crippen MR) is 189 cm³/mol. The van der Waals surface area contributed by atoms with E-state index in [1.54, 1.807) is 6.07 Å². The van der Waals surface area contributed by atoms with Crippen molar-refractivity contribution in [3.8, 4) is 39.4 Å². The maximum atomic E-state index is 11.3. The van der Waals surface area contributed by atoms with Crippen LogP contribution in [-0.4, -0.2) is 19.5 Å². The van der Waals surface area contributed by atoms with Gasteiger partial charge in [-0.2, -0.15) is 0 Å². The zero-order valence-electron chi connectivity index (χ0n) is 26.5. The highest BCUT2D eigenvalue weighted by Crippen LogP contribution is 2.41. The van der Waals surface area contributed by atoms with Crippen LogP contribution in [0.25, 0.3) is 39.3 Å². The Morgan fingerprint density at radius 2 is 1.33 bits per heavy atom. The smallest absolute Gasteiger partial charge is 0.145 e. The van der Waals surface area contributed by atoms with Gasteiger partial charge in [0.15, 0.2) is 0 Å². The Balaban J connectivity index is 1.39. The number of hydrogen-bond donors (Lipinski definition) is 1. The van der Waals surface area contributed by atoms with Crippen LogP contribution in [0, 0.1) is 6.92 Å². The minimum Gasteiger partial charge on any atom is -0.507 e. The first-order valence-corrected chi connectivity index (χ1v) is 15.6. The lowest BCUT2D eigenvalue weighted by Crippen LogP contribution is -2.11. The van der Waals surface area contributed by atoms with Crippen molar-refractivity contribution in [3.05, 3.63) is 151 Å². The Hall–Kier alpha value is -5.68. The number of benzene rings is 4. The normalized spacial score (nSPS) is 11.6. The third-order valence-electron chi connectivity index (χ3n) is 8.48. The van der Waals surface area contributed by atoms with Crippen LogP contribution in [0.5, 0.6) is 5.75 Å². The lowest BCUT2D eigenvalue weighted by Gasteiger charge is -2.26. The molecule has 7 aromatic rings. The monoisotopic (exact) mass is 600 g/mol. The van der Waals surface area contributed by atoms with Gasteiger partial charge in [-0.1, -0.05) is 69.3 Å². The molecule has 0 fully saturated rings. The molecule has 7 rings (SSSR count). The summed E-state index contributed by atoms with van der Waals surface area (Å²) in [4.78, 5) is 12.1. The molecule has 5 heteroatoms. The summed E-state index contributed by atoms with van der Waals surface area (Å²) >= 11 is 0. The predicted octanol–water partition coefficient (Wildman–Crippen LogP) is 10.5. The lowest BCUT2D eigenvalue weighted by atomic mass is 9.84. The third-order valence-corrected chi connectivity index (χ3v) is 8.48. The summed E-state index contributed by atoms with van der Waals surface area (Å²) < 4.78 is 2.12.